The minimum atomic E-state index is -5.75. The van der Waals surface area contributed by atoms with E-state index in [9.17, 15) is 38.2 Å². The molecule has 1 fully saturated rings. The van der Waals surface area contributed by atoms with Gasteiger partial charge in [-0.05, 0) is 38.5 Å². The van der Waals surface area contributed by atoms with Gasteiger partial charge in [0.05, 0.1) is 30.3 Å². The number of carbonyl (C=O) groups is 2. The second-order valence-corrected chi connectivity index (χ2v) is 21.8. The van der Waals surface area contributed by atoms with Crippen molar-refractivity contribution in [2.45, 2.75) is 76.2 Å². The number of rotatable bonds is 20. The third-order valence-corrected chi connectivity index (χ3v) is 15.5. The Hall–Kier alpha value is -3.19. The first-order chi connectivity index (χ1) is 28.6. The van der Waals surface area contributed by atoms with Crippen LogP contribution >= 0.6 is 45.1 Å². The molecule has 5 atom stereocenters. The van der Waals surface area contributed by atoms with E-state index in [1.54, 1.807) is 0 Å². The molecule has 8 N–H and O–H groups in total. The number of nitrogens with two attached hydrogens (primary N) is 1. The smallest absolute Gasteiger partial charge is 0.390 e. The van der Waals surface area contributed by atoms with Gasteiger partial charge in [-0.25, -0.2) is 23.3 Å². The van der Waals surface area contributed by atoms with E-state index in [1.165, 1.54) is 37.9 Å². The number of nitrogens with one attached hydrogen (secondary N) is 1. The van der Waals surface area contributed by atoms with Crippen LogP contribution in [0, 0.1) is 11.8 Å². The molecule has 3 unspecified atom stereocenters. The summed E-state index contributed by atoms with van der Waals surface area (Å²) in [4.78, 5) is 66.8. The summed E-state index contributed by atoms with van der Waals surface area (Å²) in [5.74, 6) is 5.64. The van der Waals surface area contributed by atoms with Crippen LogP contribution in [0.3, 0.4) is 0 Å². The van der Waals surface area contributed by atoms with Crippen molar-refractivity contribution >= 4 is 68.4 Å². The third kappa shape index (κ3) is 15.0. The number of ether oxygens (including phenoxy) is 2. The number of hydrogen-bond acceptors (Lipinski definition) is 15. The highest BCUT2D eigenvalue weighted by Crippen LogP contribution is 2.66. The molecule has 2 aliphatic heterocycles. The Morgan fingerprint density at radius 1 is 1.11 bits per heavy atom. The second kappa shape index (κ2) is 21.0. The molecule has 0 bridgehead atoms. The number of aryl methyl sites for hydroxylation is 1. The maximum atomic E-state index is 13.0. The molecule has 1 aromatic carbocycles. The topological polar surface area (TPSA) is 292 Å². The minimum absolute atomic E-state index is 0.00423. The first kappa shape index (κ1) is 48.8. The standard InChI is InChI=1S/C36H46N5O15P3S2/c1-4-7-24-8-5-14-40(18-24)19-25-10-12-26(13-11-25)35(44)38-22-36(2,3)61-60-23-52-15-6-9-27-20-41(34-33(27)29(43)16-31(37)39-34)32-17-28(42)30(54-32)21-53-58(48,49)56-59(50,51)55-57(45,46)47/h5,8,10-14,18,20,28,30,32,42H,4,7,15-17,19,21-23H2,1-3H3,(H6-,37,38,39,43,44,45,46,47,48,49,50,51)/p+1/t28?,30-,32-/m1/s1. The summed E-state index contributed by atoms with van der Waals surface area (Å²) < 4.78 is 61.4. The van der Waals surface area contributed by atoms with E-state index in [2.05, 4.69) is 59.0 Å². The van der Waals surface area contributed by atoms with E-state index in [0.717, 1.165) is 18.4 Å². The second-order valence-electron chi connectivity index (χ2n) is 14.4. The Labute approximate surface area is 359 Å². The van der Waals surface area contributed by atoms with Crippen molar-refractivity contribution in [1.82, 2.24) is 9.88 Å². The number of phosphoric acid groups is 3. The van der Waals surface area contributed by atoms with Crippen molar-refractivity contribution in [3.63, 3.8) is 0 Å². The highest BCUT2D eigenvalue weighted by molar-refractivity contribution is 8.77. The van der Waals surface area contributed by atoms with Crippen LogP contribution in [0.1, 0.15) is 83.7 Å². The number of aromatic nitrogens is 2. The number of amidine groups is 1. The number of hydrogen-bond donors (Lipinski definition) is 7. The lowest BCUT2D eigenvalue weighted by Gasteiger charge is -2.23. The number of carbonyl (C=O) groups excluding carboxylic acids is 2. The van der Waals surface area contributed by atoms with Crippen LogP contribution in [0.15, 0.2) is 60.0 Å². The highest BCUT2D eigenvalue weighted by atomic mass is 33.1. The fraction of sp³-hybridized carbons (Fsp3) is 0.444. The monoisotopic (exact) mass is 946 g/mol. The number of amides is 1. The van der Waals surface area contributed by atoms with Crippen molar-refractivity contribution < 1.29 is 75.2 Å². The van der Waals surface area contributed by atoms with Crippen LogP contribution in [-0.2, 0) is 49.3 Å². The van der Waals surface area contributed by atoms with Crippen LogP contribution in [-0.4, -0.2) is 89.4 Å². The van der Waals surface area contributed by atoms with Gasteiger partial charge in [0.2, 0.25) is 0 Å². The Morgan fingerprint density at radius 2 is 1.85 bits per heavy atom. The predicted molar refractivity (Wildman–Crippen MR) is 224 cm³/mol. The number of aliphatic hydroxyl groups excluding tert-OH is 1. The van der Waals surface area contributed by atoms with E-state index >= 15 is 0 Å². The molecule has 2 aromatic heterocycles. The number of Topliss-reactive ketones (excluding diaryl/α,β-unsaturated/α-hetero) is 1. The van der Waals surface area contributed by atoms with E-state index in [-0.39, 0.29) is 64.6 Å². The molecule has 5 rings (SSSR count). The molecule has 0 aliphatic carbocycles. The van der Waals surface area contributed by atoms with E-state index in [4.69, 9.17) is 25.0 Å². The molecular formula is C36H47N5O15P3S2+. The molecule has 61 heavy (non-hydrogen) atoms. The number of aliphatic hydroxyl groups is 1. The van der Waals surface area contributed by atoms with Gasteiger partial charge in [-0.2, -0.15) is 8.62 Å². The fourth-order valence-electron chi connectivity index (χ4n) is 6.10. The maximum Gasteiger partial charge on any atom is 0.490 e. The summed E-state index contributed by atoms with van der Waals surface area (Å²) in [6, 6.07) is 11.7. The zero-order valence-corrected chi connectivity index (χ0v) is 37.5. The largest absolute Gasteiger partial charge is 0.490 e. The van der Waals surface area contributed by atoms with E-state index < -0.39 is 48.5 Å². The number of fused-ring (bicyclic) bond motifs is 1. The van der Waals surface area contributed by atoms with Crippen LogP contribution < -0.4 is 15.6 Å². The van der Waals surface area contributed by atoms with Gasteiger partial charge in [0.25, 0.3) is 5.91 Å². The van der Waals surface area contributed by atoms with Gasteiger partial charge in [0, 0.05) is 46.7 Å². The maximum absolute atomic E-state index is 13.0. The van der Waals surface area contributed by atoms with E-state index in [1.807, 2.05) is 50.4 Å². The first-order valence-electron chi connectivity index (χ1n) is 18.6. The normalized spacial score (nSPS) is 19.9. The van der Waals surface area contributed by atoms with Crippen LogP contribution in [0.2, 0.25) is 0 Å². The number of nitrogens with zero attached hydrogens (tertiary/aromatic N) is 3. The van der Waals surface area contributed by atoms with Crippen LogP contribution in [0.4, 0.5) is 5.82 Å². The predicted octanol–water partition coefficient (Wildman–Crippen LogP) is 4.26. The van der Waals surface area contributed by atoms with Crippen molar-refractivity contribution in [2.75, 3.05) is 25.7 Å². The molecule has 0 radical (unpaired) electrons. The van der Waals surface area contributed by atoms with Crippen LogP contribution in [0.5, 0.6) is 0 Å². The zero-order chi connectivity index (χ0) is 44.6. The molecule has 2 aliphatic rings. The van der Waals surface area contributed by atoms with Crippen LogP contribution in [0.25, 0.3) is 0 Å². The van der Waals surface area contributed by atoms with Gasteiger partial charge in [0.15, 0.2) is 24.7 Å². The molecule has 332 valence electrons. The van der Waals surface area contributed by atoms with E-state index in [0.29, 0.717) is 18.7 Å². The average molecular weight is 947 g/mol. The third-order valence-electron chi connectivity index (χ3n) is 8.74. The lowest BCUT2D eigenvalue weighted by atomic mass is 10.0. The number of aliphatic imine (C=N–C) groups is 1. The van der Waals surface area contributed by atoms with Crippen molar-refractivity contribution in [3.8, 4) is 11.8 Å². The highest BCUT2D eigenvalue weighted by Gasteiger charge is 2.43. The Bertz CT molecular complexity index is 2310. The Kier molecular flexibility index (Phi) is 16.8. The lowest BCUT2D eigenvalue weighted by molar-refractivity contribution is -0.688. The molecule has 4 heterocycles. The fourth-order valence-corrected chi connectivity index (χ4v) is 11.3. The molecule has 1 saturated heterocycles. The van der Waals surface area contributed by atoms with Gasteiger partial charge in [-0.15, -0.1) is 0 Å². The van der Waals surface area contributed by atoms with Gasteiger partial charge in [-0.3, -0.25) is 14.1 Å². The minimum Gasteiger partial charge on any atom is -0.390 e. The lowest BCUT2D eigenvalue weighted by Crippen LogP contribution is -2.36. The quantitative estimate of drug-likeness (QED) is 0.0208. The summed E-state index contributed by atoms with van der Waals surface area (Å²) in [5.41, 5.74) is 9.29. The van der Waals surface area contributed by atoms with Gasteiger partial charge < -0.3 is 49.8 Å². The number of phosphoric ester groups is 1. The van der Waals surface area contributed by atoms with Crippen molar-refractivity contribution in [3.05, 3.63) is 82.8 Å². The molecule has 1 amide bonds. The number of benzene rings is 1. The number of ketones is 1. The molecule has 0 saturated carbocycles. The average Bonchev–Trinajstić information content (AvgIpc) is 3.71. The van der Waals surface area contributed by atoms with Crippen molar-refractivity contribution in [1.29, 1.82) is 0 Å². The van der Waals surface area contributed by atoms with Gasteiger partial charge in [0.1, 0.15) is 36.5 Å². The van der Waals surface area contributed by atoms with Gasteiger partial charge in [-0.1, -0.05) is 58.9 Å². The zero-order valence-electron chi connectivity index (χ0n) is 33.2. The summed E-state index contributed by atoms with van der Waals surface area (Å²) in [5, 5.41) is 13.6. The summed E-state index contributed by atoms with van der Waals surface area (Å²) in [7, 11) is -13.8. The van der Waals surface area contributed by atoms with Gasteiger partial charge >= 0.3 is 23.5 Å². The molecule has 20 nitrogen and oxygen atoms in total. The summed E-state index contributed by atoms with van der Waals surface area (Å²) >= 11 is 0. The molecule has 25 heteroatoms. The summed E-state index contributed by atoms with van der Waals surface area (Å²) in [6.45, 7) is 6.40. The molecule has 3 aromatic rings. The first-order valence-corrected chi connectivity index (χ1v) is 25.4. The SMILES string of the molecule is CCCc1ccc[n+](Cc2ccc(C(=O)NCC(C)(C)SSCOCC#Cc3cn([C@H]4CC(O)[C@@H](COP(=O)(O)OP(=O)(O)OP(=O)(O)O)O4)c4c3C(=O)CC(N)=N4)cc2)c1. The Balaban J connectivity index is 1.09. The molecule has 0 spiro atoms. The number of pyridine rings is 1. The molecular weight excluding hydrogens is 899 g/mol. The van der Waals surface area contributed by atoms with Crippen molar-refractivity contribution in [2.24, 2.45) is 10.7 Å². The summed E-state index contributed by atoms with van der Waals surface area (Å²) in [6.07, 6.45) is 3.79. The Morgan fingerprint density at radius 3 is 2.56 bits per heavy atom.